The van der Waals surface area contributed by atoms with Crippen LogP contribution in [0.4, 0.5) is 0 Å². The Morgan fingerprint density at radius 2 is 2.12 bits per heavy atom. The summed E-state index contributed by atoms with van der Waals surface area (Å²) in [4.78, 5) is 12.1. The second-order valence-corrected chi connectivity index (χ2v) is 6.28. The van der Waals surface area contributed by atoms with E-state index in [4.69, 9.17) is 11.6 Å². The van der Waals surface area contributed by atoms with Gasteiger partial charge in [-0.2, -0.15) is 11.8 Å². The van der Waals surface area contributed by atoms with Crippen LogP contribution < -0.4 is 0 Å². The van der Waals surface area contributed by atoms with Gasteiger partial charge in [0, 0.05) is 17.0 Å². The second-order valence-electron chi connectivity index (χ2n) is 4.65. The van der Waals surface area contributed by atoms with Crippen molar-refractivity contribution < 1.29 is 4.79 Å². The highest BCUT2D eigenvalue weighted by Crippen LogP contribution is 2.27. The summed E-state index contributed by atoms with van der Waals surface area (Å²) < 4.78 is 0. The Kier molecular flexibility index (Phi) is 4.52. The molecule has 3 heteroatoms. The number of aryl methyl sites for hydroxylation is 1. The molecule has 0 aliphatic carbocycles. The van der Waals surface area contributed by atoms with Crippen molar-refractivity contribution in [2.45, 2.75) is 26.2 Å². The molecule has 0 saturated carbocycles. The summed E-state index contributed by atoms with van der Waals surface area (Å²) in [7, 11) is 0. The average molecular weight is 269 g/mol. The first-order chi connectivity index (χ1) is 8.16. The van der Waals surface area contributed by atoms with E-state index >= 15 is 0 Å². The van der Waals surface area contributed by atoms with E-state index in [1.54, 1.807) is 6.07 Å². The maximum Gasteiger partial charge on any atom is 0.163 e. The van der Waals surface area contributed by atoms with Crippen LogP contribution in [0.5, 0.6) is 0 Å². The van der Waals surface area contributed by atoms with E-state index in [1.165, 1.54) is 24.3 Å². The SMILES string of the molecule is Cc1ccc(C(=O)CC2CCSCC2)cc1Cl. The van der Waals surface area contributed by atoms with Crippen LogP contribution in [0.2, 0.25) is 5.02 Å². The summed E-state index contributed by atoms with van der Waals surface area (Å²) >= 11 is 8.04. The molecule has 92 valence electrons. The van der Waals surface area contributed by atoms with Gasteiger partial charge >= 0.3 is 0 Å². The van der Waals surface area contributed by atoms with Crippen molar-refractivity contribution >= 4 is 29.1 Å². The van der Waals surface area contributed by atoms with E-state index in [0.29, 0.717) is 17.4 Å². The van der Waals surface area contributed by atoms with Gasteiger partial charge in [0.1, 0.15) is 0 Å². The minimum atomic E-state index is 0.240. The minimum absolute atomic E-state index is 0.240. The van der Waals surface area contributed by atoms with Crippen LogP contribution in [0.1, 0.15) is 35.2 Å². The molecule has 1 nitrogen and oxygen atoms in total. The Labute approximate surface area is 112 Å². The van der Waals surface area contributed by atoms with E-state index < -0.39 is 0 Å². The van der Waals surface area contributed by atoms with Crippen LogP contribution in [0.25, 0.3) is 0 Å². The van der Waals surface area contributed by atoms with Crippen LogP contribution in [-0.2, 0) is 0 Å². The standard InChI is InChI=1S/C14H17ClOS/c1-10-2-3-12(9-13(10)15)14(16)8-11-4-6-17-7-5-11/h2-3,9,11H,4-8H2,1H3. The van der Waals surface area contributed by atoms with E-state index in [1.807, 2.05) is 30.8 Å². The van der Waals surface area contributed by atoms with Gasteiger partial charge in [0.15, 0.2) is 5.78 Å². The molecule has 0 atom stereocenters. The van der Waals surface area contributed by atoms with Gasteiger partial charge < -0.3 is 0 Å². The lowest BCUT2D eigenvalue weighted by molar-refractivity contribution is 0.0958. The Morgan fingerprint density at radius 1 is 1.41 bits per heavy atom. The Morgan fingerprint density at radius 3 is 2.76 bits per heavy atom. The molecule has 2 rings (SSSR count). The van der Waals surface area contributed by atoms with Crippen molar-refractivity contribution in [3.05, 3.63) is 34.3 Å². The number of ketones is 1. The normalized spacial score (nSPS) is 17.1. The first-order valence-corrected chi connectivity index (χ1v) is 7.57. The second kappa shape index (κ2) is 5.92. The lowest BCUT2D eigenvalue weighted by Crippen LogP contribution is -2.14. The van der Waals surface area contributed by atoms with E-state index in [-0.39, 0.29) is 5.78 Å². The van der Waals surface area contributed by atoms with Gasteiger partial charge in [0.05, 0.1) is 0 Å². The van der Waals surface area contributed by atoms with Gasteiger partial charge in [0.25, 0.3) is 0 Å². The lowest BCUT2D eigenvalue weighted by Gasteiger charge is -2.20. The molecule has 1 aromatic carbocycles. The van der Waals surface area contributed by atoms with Gasteiger partial charge in [0.2, 0.25) is 0 Å². The molecule has 1 aromatic rings. The quantitative estimate of drug-likeness (QED) is 0.758. The molecule has 0 unspecified atom stereocenters. The predicted molar refractivity (Wildman–Crippen MR) is 75.2 cm³/mol. The summed E-state index contributed by atoms with van der Waals surface area (Å²) in [5.41, 5.74) is 1.79. The predicted octanol–water partition coefficient (Wildman–Crippen LogP) is 4.36. The Hall–Kier alpha value is -0.470. The largest absolute Gasteiger partial charge is 0.294 e. The van der Waals surface area contributed by atoms with Gasteiger partial charge in [-0.1, -0.05) is 23.7 Å². The van der Waals surface area contributed by atoms with Crippen LogP contribution in [-0.4, -0.2) is 17.3 Å². The summed E-state index contributed by atoms with van der Waals surface area (Å²) in [6.07, 6.45) is 3.03. The maximum absolute atomic E-state index is 12.1. The lowest BCUT2D eigenvalue weighted by atomic mass is 9.93. The fraction of sp³-hybridized carbons (Fsp3) is 0.500. The van der Waals surface area contributed by atoms with Crippen molar-refractivity contribution in [1.82, 2.24) is 0 Å². The number of thioether (sulfide) groups is 1. The van der Waals surface area contributed by atoms with Gasteiger partial charge in [-0.3, -0.25) is 4.79 Å². The third-order valence-corrected chi connectivity index (χ3v) is 4.76. The Balaban J connectivity index is 2.01. The highest BCUT2D eigenvalue weighted by Gasteiger charge is 2.18. The number of halogens is 1. The van der Waals surface area contributed by atoms with E-state index in [0.717, 1.165) is 11.1 Å². The fourth-order valence-electron chi connectivity index (χ4n) is 2.10. The van der Waals surface area contributed by atoms with Gasteiger partial charge in [-0.15, -0.1) is 0 Å². The van der Waals surface area contributed by atoms with Crippen molar-refractivity contribution in [2.75, 3.05) is 11.5 Å². The number of carbonyl (C=O) groups excluding carboxylic acids is 1. The molecule has 1 aliphatic rings. The van der Waals surface area contributed by atoms with Gasteiger partial charge in [-0.25, -0.2) is 0 Å². The van der Waals surface area contributed by atoms with E-state index in [2.05, 4.69) is 0 Å². The highest BCUT2D eigenvalue weighted by molar-refractivity contribution is 7.99. The molecule has 0 N–H and O–H groups in total. The summed E-state index contributed by atoms with van der Waals surface area (Å²) in [6.45, 7) is 1.95. The molecular formula is C14H17ClOS. The van der Waals surface area contributed by atoms with Crippen LogP contribution in [0.15, 0.2) is 18.2 Å². The highest BCUT2D eigenvalue weighted by atomic mass is 35.5. The van der Waals surface area contributed by atoms with Crippen molar-refractivity contribution in [3.8, 4) is 0 Å². The van der Waals surface area contributed by atoms with Crippen molar-refractivity contribution in [1.29, 1.82) is 0 Å². The van der Waals surface area contributed by atoms with Crippen LogP contribution in [0.3, 0.4) is 0 Å². The molecule has 17 heavy (non-hydrogen) atoms. The molecule has 1 heterocycles. The van der Waals surface area contributed by atoms with Crippen molar-refractivity contribution in [3.63, 3.8) is 0 Å². The molecule has 0 aromatic heterocycles. The number of carbonyl (C=O) groups is 1. The number of rotatable bonds is 3. The number of Topliss-reactive ketones (excluding diaryl/α,β-unsaturated/α-hetero) is 1. The first-order valence-electron chi connectivity index (χ1n) is 6.04. The number of hydrogen-bond donors (Lipinski definition) is 0. The maximum atomic E-state index is 12.1. The molecule has 0 spiro atoms. The zero-order valence-corrected chi connectivity index (χ0v) is 11.6. The summed E-state index contributed by atoms with van der Waals surface area (Å²) in [5.74, 6) is 3.21. The molecule has 1 fully saturated rings. The molecule has 0 radical (unpaired) electrons. The topological polar surface area (TPSA) is 17.1 Å². The molecule has 0 bridgehead atoms. The van der Waals surface area contributed by atoms with Gasteiger partial charge in [-0.05, 0) is 48.8 Å². The zero-order chi connectivity index (χ0) is 12.3. The summed E-state index contributed by atoms with van der Waals surface area (Å²) in [6, 6.07) is 5.62. The zero-order valence-electron chi connectivity index (χ0n) is 10.0. The molecule has 1 aliphatic heterocycles. The van der Waals surface area contributed by atoms with Crippen LogP contribution >= 0.6 is 23.4 Å². The van der Waals surface area contributed by atoms with Crippen LogP contribution in [0, 0.1) is 12.8 Å². The average Bonchev–Trinajstić information content (AvgIpc) is 2.34. The third-order valence-electron chi connectivity index (χ3n) is 3.31. The summed E-state index contributed by atoms with van der Waals surface area (Å²) in [5, 5.41) is 0.690. The molecule has 1 saturated heterocycles. The smallest absolute Gasteiger partial charge is 0.163 e. The first kappa shape index (κ1) is 13.0. The number of hydrogen-bond acceptors (Lipinski definition) is 2. The third kappa shape index (κ3) is 3.49. The molecular weight excluding hydrogens is 252 g/mol. The molecule has 0 amide bonds. The Bertz CT molecular complexity index is 411. The fourth-order valence-corrected chi connectivity index (χ4v) is 3.48. The number of benzene rings is 1. The minimum Gasteiger partial charge on any atom is -0.294 e. The monoisotopic (exact) mass is 268 g/mol. The van der Waals surface area contributed by atoms with Crippen molar-refractivity contribution in [2.24, 2.45) is 5.92 Å². The van der Waals surface area contributed by atoms with E-state index in [9.17, 15) is 4.79 Å².